The van der Waals surface area contributed by atoms with E-state index in [9.17, 15) is 13.6 Å². The first-order valence-corrected chi connectivity index (χ1v) is 9.14. The van der Waals surface area contributed by atoms with E-state index in [2.05, 4.69) is 10.1 Å². The van der Waals surface area contributed by atoms with Crippen LogP contribution in [0.2, 0.25) is 5.15 Å². The number of aromatic nitrogens is 3. The van der Waals surface area contributed by atoms with Gasteiger partial charge in [0.15, 0.2) is 10.9 Å². The van der Waals surface area contributed by atoms with E-state index in [0.717, 1.165) is 12.1 Å². The van der Waals surface area contributed by atoms with Gasteiger partial charge in [0.05, 0.1) is 18.4 Å². The van der Waals surface area contributed by atoms with Crippen molar-refractivity contribution in [1.29, 1.82) is 0 Å². The highest BCUT2D eigenvalue weighted by Gasteiger charge is 2.16. The lowest BCUT2D eigenvalue weighted by atomic mass is 10.1. The zero-order valence-electron chi connectivity index (χ0n) is 15.6. The monoisotopic (exact) mass is 429 g/mol. The van der Waals surface area contributed by atoms with Crippen LogP contribution in [0.3, 0.4) is 0 Å². The third-order valence-corrected chi connectivity index (χ3v) is 4.71. The first-order valence-electron chi connectivity index (χ1n) is 8.76. The molecule has 4 aromatic rings. The van der Waals surface area contributed by atoms with Crippen LogP contribution in [0.4, 0.5) is 8.78 Å². The van der Waals surface area contributed by atoms with E-state index in [0.29, 0.717) is 16.8 Å². The number of nitrogens with zero attached hydrogens (tertiary/aromatic N) is 3. The molecule has 2 aromatic heterocycles. The van der Waals surface area contributed by atoms with Crippen LogP contribution in [-0.4, -0.2) is 27.8 Å². The lowest BCUT2D eigenvalue weighted by molar-refractivity contribution is 0.0600. The van der Waals surface area contributed by atoms with Crippen molar-refractivity contribution in [2.24, 2.45) is 0 Å². The van der Waals surface area contributed by atoms with Crippen molar-refractivity contribution >= 4 is 28.5 Å². The largest absolute Gasteiger partial charge is 0.486 e. The number of esters is 1. The lowest BCUT2D eigenvalue weighted by Gasteiger charge is -2.14. The fourth-order valence-electron chi connectivity index (χ4n) is 2.99. The third-order valence-electron chi connectivity index (χ3n) is 4.44. The van der Waals surface area contributed by atoms with Crippen molar-refractivity contribution in [3.8, 4) is 11.4 Å². The van der Waals surface area contributed by atoms with Crippen LogP contribution in [0.15, 0.2) is 54.9 Å². The number of benzene rings is 2. The van der Waals surface area contributed by atoms with Crippen molar-refractivity contribution in [1.82, 2.24) is 14.8 Å². The summed E-state index contributed by atoms with van der Waals surface area (Å²) in [5.74, 6) is -1.77. The van der Waals surface area contributed by atoms with E-state index >= 15 is 0 Å². The molecular weight excluding hydrogens is 416 g/mol. The summed E-state index contributed by atoms with van der Waals surface area (Å²) in [4.78, 5) is 15.8. The summed E-state index contributed by atoms with van der Waals surface area (Å²) in [5, 5.41) is 4.03. The molecule has 0 aliphatic rings. The number of carbonyl (C=O) groups excluding carboxylic acids is 1. The lowest BCUT2D eigenvalue weighted by Crippen LogP contribution is -2.08. The zero-order chi connectivity index (χ0) is 21.3. The Balaban J connectivity index is 1.71. The highest BCUT2D eigenvalue weighted by atomic mass is 35.5. The predicted molar refractivity (Wildman–Crippen MR) is 106 cm³/mol. The summed E-state index contributed by atoms with van der Waals surface area (Å²) >= 11 is 6.12. The number of fused-ring (bicyclic) bond motifs is 1. The van der Waals surface area contributed by atoms with E-state index in [-0.39, 0.29) is 28.4 Å². The van der Waals surface area contributed by atoms with Gasteiger partial charge in [0, 0.05) is 23.3 Å². The molecule has 0 N–H and O–H groups in total. The fraction of sp³-hybridized carbons (Fsp3) is 0.0952. The maximum absolute atomic E-state index is 14.1. The Hall–Kier alpha value is -3.52. The van der Waals surface area contributed by atoms with E-state index in [1.807, 2.05) is 0 Å². The molecule has 0 aliphatic carbocycles. The SMILES string of the molecule is COC(=O)c1ccc(-n2cccn2)c(COc2cc3c(F)ccc(F)c3nc2Cl)c1. The zero-order valence-corrected chi connectivity index (χ0v) is 16.4. The number of rotatable bonds is 5. The van der Waals surface area contributed by atoms with Gasteiger partial charge in [-0.3, -0.25) is 0 Å². The predicted octanol–water partition coefficient (Wildman–Crippen LogP) is 4.72. The molecule has 152 valence electrons. The summed E-state index contributed by atoms with van der Waals surface area (Å²) in [6.45, 7) is -0.0378. The minimum absolute atomic E-state index is 0.0378. The third kappa shape index (κ3) is 3.69. The molecule has 2 heterocycles. The van der Waals surface area contributed by atoms with Crippen LogP contribution in [0.1, 0.15) is 15.9 Å². The molecule has 0 unspecified atom stereocenters. The summed E-state index contributed by atoms with van der Waals surface area (Å²) < 4.78 is 40.1. The molecule has 0 saturated carbocycles. The van der Waals surface area contributed by atoms with E-state index < -0.39 is 17.6 Å². The first-order chi connectivity index (χ1) is 14.5. The molecule has 0 amide bonds. The normalized spacial score (nSPS) is 10.9. The van der Waals surface area contributed by atoms with Gasteiger partial charge >= 0.3 is 5.97 Å². The molecule has 0 atom stereocenters. The molecule has 0 radical (unpaired) electrons. The molecule has 30 heavy (non-hydrogen) atoms. The molecule has 0 bridgehead atoms. The summed E-state index contributed by atoms with van der Waals surface area (Å²) in [6.07, 6.45) is 3.35. The number of hydrogen-bond acceptors (Lipinski definition) is 5. The van der Waals surface area contributed by atoms with Crippen LogP contribution < -0.4 is 4.74 Å². The van der Waals surface area contributed by atoms with Gasteiger partial charge in [-0.1, -0.05) is 11.6 Å². The highest BCUT2D eigenvalue weighted by molar-refractivity contribution is 6.31. The second-order valence-electron chi connectivity index (χ2n) is 6.28. The van der Waals surface area contributed by atoms with E-state index in [1.165, 1.54) is 13.2 Å². The van der Waals surface area contributed by atoms with Crippen LogP contribution in [0.25, 0.3) is 16.6 Å². The number of methoxy groups -OCH3 is 1. The Morgan fingerprint density at radius 3 is 2.70 bits per heavy atom. The standard InChI is InChI=1S/C21H14ClF2N3O3/c1-29-21(28)12-3-6-17(27-8-2-7-25-27)13(9-12)11-30-18-10-14-15(23)4-5-16(24)19(14)26-20(18)22/h2-10H,11H2,1H3. The molecule has 0 fully saturated rings. The molecule has 0 spiro atoms. The average Bonchev–Trinajstić information content (AvgIpc) is 3.29. The average molecular weight is 430 g/mol. The van der Waals surface area contributed by atoms with Crippen molar-refractivity contribution in [2.75, 3.05) is 7.11 Å². The maximum atomic E-state index is 14.1. The Bertz CT molecular complexity index is 1250. The highest BCUT2D eigenvalue weighted by Crippen LogP contribution is 2.31. The van der Waals surface area contributed by atoms with Crippen molar-refractivity contribution in [3.05, 3.63) is 82.8 Å². The number of hydrogen-bond donors (Lipinski definition) is 0. The van der Waals surface area contributed by atoms with Crippen LogP contribution >= 0.6 is 11.6 Å². The molecular formula is C21H14ClF2N3O3. The molecule has 9 heteroatoms. The van der Waals surface area contributed by atoms with Crippen LogP contribution in [0.5, 0.6) is 5.75 Å². The minimum Gasteiger partial charge on any atom is -0.486 e. The number of ether oxygens (including phenoxy) is 2. The Morgan fingerprint density at radius 1 is 1.17 bits per heavy atom. The number of pyridine rings is 1. The van der Waals surface area contributed by atoms with Crippen molar-refractivity contribution in [2.45, 2.75) is 6.61 Å². The van der Waals surface area contributed by atoms with Gasteiger partial charge in [0.1, 0.15) is 23.8 Å². The van der Waals surface area contributed by atoms with E-state index in [4.69, 9.17) is 21.1 Å². The number of halogens is 3. The molecule has 4 rings (SSSR count). The van der Waals surface area contributed by atoms with Gasteiger partial charge in [0.25, 0.3) is 0 Å². The smallest absolute Gasteiger partial charge is 0.337 e. The van der Waals surface area contributed by atoms with Gasteiger partial charge in [-0.2, -0.15) is 5.10 Å². The van der Waals surface area contributed by atoms with Gasteiger partial charge in [0.2, 0.25) is 0 Å². The van der Waals surface area contributed by atoms with Crippen LogP contribution in [0, 0.1) is 11.6 Å². The molecule has 0 saturated heterocycles. The Kier molecular flexibility index (Phi) is 5.33. The first kappa shape index (κ1) is 19.8. The number of carbonyl (C=O) groups is 1. The van der Waals surface area contributed by atoms with Crippen molar-refractivity contribution in [3.63, 3.8) is 0 Å². The Morgan fingerprint density at radius 2 is 1.97 bits per heavy atom. The van der Waals surface area contributed by atoms with Gasteiger partial charge < -0.3 is 9.47 Å². The molecule has 2 aromatic carbocycles. The van der Waals surface area contributed by atoms with Gasteiger partial charge in [-0.15, -0.1) is 0 Å². The molecule has 0 aliphatic heterocycles. The second kappa shape index (κ2) is 8.08. The summed E-state index contributed by atoms with van der Waals surface area (Å²) in [5.41, 5.74) is 1.40. The quantitative estimate of drug-likeness (QED) is 0.339. The second-order valence-corrected chi connectivity index (χ2v) is 6.64. The summed E-state index contributed by atoms with van der Waals surface area (Å²) in [7, 11) is 1.29. The Labute approximate surface area is 174 Å². The minimum atomic E-state index is -0.688. The van der Waals surface area contributed by atoms with Crippen molar-refractivity contribution < 1.29 is 23.0 Å². The summed E-state index contributed by atoms with van der Waals surface area (Å²) in [6, 6.07) is 9.94. The maximum Gasteiger partial charge on any atom is 0.337 e. The van der Waals surface area contributed by atoms with Crippen LogP contribution in [-0.2, 0) is 11.3 Å². The van der Waals surface area contributed by atoms with E-state index in [1.54, 1.807) is 41.3 Å². The topological polar surface area (TPSA) is 66.2 Å². The van der Waals surface area contributed by atoms with Gasteiger partial charge in [-0.25, -0.2) is 23.2 Å². The fourth-order valence-corrected chi connectivity index (χ4v) is 3.18. The van der Waals surface area contributed by atoms with Gasteiger partial charge in [-0.05, 0) is 42.5 Å². The molecule has 6 nitrogen and oxygen atoms in total.